The number of benzene rings is 2. The maximum absolute atomic E-state index is 14.0. The van der Waals surface area contributed by atoms with Gasteiger partial charge in [0.05, 0.1) is 7.11 Å². The third kappa shape index (κ3) is 4.64. The first-order chi connectivity index (χ1) is 15.4. The molecule has 1 aliphatic rings. The minimum atomic E-state index is -0.450. The van der Waals surface area contributed by atoms with Crippen LogP contribution >= 0.6 is 0 Å². The molecule has 1 aliphatic heterocycles. The summed E-state index contributed by atoms with van der Waals surface area (Å²) < 4.78 is 24.9. The van der Waals surface area contributed by atoms with Gasteiger partial charge in [0.2, 0.25) is 5.88 Å². The SMILES string of the molecule is COc1cccc(C(=O)N2CCN(c3cc(Oc4cc(C)ccc4F)ncn3)CC2C)c1. The van der Waals surface area contributed by atoms with Gasteiger partial charge in [-0.25, -0.2) is 14.4 Å². The van der Waals surface area contributed by atoms with Crippen LogP contribution in [-0.2, 0) is 0 Å². The number of nitrogens with zero attached hydrogens (tertiary/aromatic N) is 4. The summed E-state index contributed by atoms with van der Waals surface area (Å²) >= 11 is 0. The number of piperazine rings is 1. The van der Waals surface area contributed by atoms with Crippen LogP contribution in [0.2, 0.25) is 0 Å². The van der Waals surface area contributed by atoms with E-state index in [0.717, 1.165) is 5.56 Å². The molecule has 1 atom stereocenters. The number of carbonyl (C=O) groups is 1. The molecule has 8 heteroatoms. The summed E-state index contributed by atoms with van der Waals surface area (Å²) in [6, 6.07) is 13.5. The Hall–Kier alpha value is -3.68. The predicted molar refractivity (Wildman–Crippen MR) is 119 cm³/mol. The molecular weight excluding hydrogens is 411 g/mol. The molecule has 0 aliphatic carbocycles. The predicted octanol–water partition coefficient (Wildman–Crippen LogP) is 4.08. The number of anilines is 1. The van der Waals surface area contributed by atoms with Gasteiger partial charge in [-0.2, -0.15) is 0 Å². The third-order valence-corrected chi connectivity index (χ3v) is 5.46. The second-order valence-corrected chi connectivity index (χ2v) is 7.78. The van der Waals surface area contributed by atoms with E-state index in [9.17, 15) is 9.18 Å². The molecule has 3 aromatic rings. The van der Waals surface area contributed by atoms with Crippen LogP contribution in [0.25, 0.3) is 0 Å². The third-order valence-electron chi connectivity index (χ3n) is 5.46. The zero-order valence-electron chi connectivity index (χ0n) is 18.3. The lowest BCUT2D eigenvalue weighted by molar-refractivity contribution is 0.0673. The second-order valence-electron chi connectivity index (χ2n) is 7.78. The fraction of sp³-hybridized carbons (Fsp3) is 0.292. The molecular formula is C24H25FN4O3. The van der Waals surface area contributed by atoms with Crippen LogP contribution in [0, 0.1) is 12.7 Å². The zero-order valence-corrected chi connectivity index (χ0v) is 18.3. The molecule has 1 aromatic heterocycles. The number of hydrogen-bond acceptors (Lipinski definition) is 6. The van der Waals surface area contributed by atoms with E-state index < -0.39 is 5.82 Å². The van der Waals surface area contributed by atoms with Gasteiger partial charge in [-0.15, -0.1) is 0 Å². The molecule has 0 radical (unpaired) electrons. The Balaban J connectivity index is 1.46. The number of halogens is 1. The molecule has 1 saturated heterocycles. The summed E-state index contributed by atoms with van der Waals surface area (Å²) in [6.07, 6.45) is 1.40. The van der Waals surface area contributed by atoms with Crippen molar-refractivity contribution in [3.63, 3.8) is 0 Å². The van der Waals surface area contributed by atoms with Crippen molar-refractivity contribution in [1.82, 2.24) is 14.9 Å². The van der Waals surface area contributed by atoms with E-state index >= 15 is 0 Å². The number of aryl methyl sites for hydroxylation is 1. The van der Waals surface area contributed by atoms with Crippen molar-refractivity contribution in [3.05, 3.63) is 71.8 Å². The van der Waals surface area contributed by atoms with Crippen molar-refractivity contribution in [3.8, 4) is 17.4 Å². The number of ether oxygens (including phenoxy) is 2. The first kappa shape index (κ1) is 21.5. The van der Waals surface area contributed by atoms with Crippen molar-refractivity contribution in [2.75, 3.05) is 31.6 Å². The average molecular weight is 436 g/mol. The monoisotopic (exact) mass is 436 g/mol. The largest absolute Gasteiger partial charge is 0.497 e. The highest BCUT2D eigenvalue weighted by Crippen LogP contribution is 2.27. The summed E-state index contributed by atoms with van der Waals surface area (Å²) in [4.78, 5) is 25.4. The molecule has 0 saturated carbocycles. The number of methoxy groups -OCH3 is 1. The minimum absolute atomic E-state index is 0.0299. The van der Waals surface area contributed by atoms with Crippen LogP contribution in [0.15, 0.2) is 54.9 Å². The van der Waals surface area contributed by atoms with Gasteiger partial charge in [0.15, 0.2) is 11.6 Å². The second kappa shape index (κ2) is 9.21. The Morgan fingerprint density at radius 3 is 2.75 bits per heavy atom. The van der Waals surface area contributed by atoms with E-state index in [1.165, 1.54) is 12.4 Å². The van der Waals surface area contributed by atoms with Crippen molar-refractivity contribution in [2.24, 2.45) is 0 Å². The molecule has 32 heavy (non-hydrogen) atoms. The maximum atomic E-state index is 14.0. The Morgan fingerprint density at radius 2 is 1.97 bits per heavy atom. The molecule has 1 unspecified atom stereocenters. The molecule has 2 heterocycles. The first-order valence-corrected chi connectivity index (χ1v) is 10.4. The molecule has 1 amide bonds. The standard InChI is InChI=1S/C24H25FN4O3/c1-16-7-8-20(25)21(11-16)32-23-13-22(26-15-27-23)28-9-10-29(17(2)14-28)24(30)18-5-4-6-19(12-18)31-3/h4-8,11-13,15,17H,9-10,14H2,1-3H3. The lowest BCUT2D eigenvalue weighted by Crippen LogP contribution is -2.54. The fourth-order valence-electron chi connectivity index (χ4n) is 3.75. The summed E-state index contributed by atoms with van der Waals surface area (Å²) in [5.74, 6) is 1.23. The van der Waals surface area contributed by atoms with Crippen molar-refractivity contribution in [2.45, 2.75) is 19.9 Å². The van der Waals surface area contributed by atoms with Crippen LogP contribution < -0.4 is 14.4 Å². The van der Waals surface area contributed by atoms with Gasteiger partial charge in [-0.05, 0) is 49.7 Å². The number of amides is 1. The Bertz CT molecular complexity index is 1120. The van der Waals surface area contributed by atoms with Gasteiger partial charge in [-0.1, -0.05) is 12.1 Å². The van der Waals surface area contributed by atoms with E-state index in [1.807, 2.05) is 30.9 Å². The maximum Gasteiger partial charge on any atom is 0.254 e. The lowest BCUT2D eigenvalue weighted by Gasteiger charge is -2.40. The summed E-state index contributed by atoms with van der Waals surface area (Å²) in [6.45, 7) is 5.63. The molecule has 2 aromatic carbocycles. The fourth-order valence-corrected chi connectivity index (χ4v) is 3.75. The lowest BCUT2D eigenvalue weighted by atomic mass is 10.1. The van der Waals surface area contributed by atoms with Gasteiger partial charge in [-0.3, -0.25) is 4.79 Å². The van der Waals surface area contributed by atoms with Crippen LogP contribution in [-0.4, -0.2) is 53.6 Å². The summed E-state index contributed by atoms with van der Waals surface area (Å²) in [7, 11) is 1.58. The van der Waals surface area contributed by atoms with Crippen molar-refractivity contribution in [1.29, 1.82) is 0 Å². The van der Waals surface area contributed by atoms with Gasteiger partial charge in [0.25, 0.3) is 5.91 Å². The molecule has 7 nitrogen and oxygen atoms in total. The quantitative estimate of drug-likeness (QED) is 0.601. The smallest absolute Gasteiger partial charge is 0.254 e. The van der Waals surface area contributed by atoms with E-state index in [0.29, 0.717) is 36.8 Å². The number of hydrogen-bond donors (Lipinski definition) is 0. The van der Waals surface area contributed by atoms with Gasteiger partial charge < -0.3 is 19.3 Å². The van der Waals surface area contributed by atoms with Gasteiger partial charge in [0, 0.05) is 37.3 Å². The van der Waals surface area contributed by atoms with Crippen molar-refractivity contribution >= 4 is 11.7 Å². The number of rotatable bonds is 5. The van der Waals surface area contributed by atoms with E-state index in [2.05, 4.69) is 14.9 Å². The van der Waals surface area contributed by atoms with E-state index in [4.69, 9.17) is 9.47 Å². The van der Waals surface area contributed by atoms with Crippen molar-refractivity contribution < 1.29 is 18.7 Å². The van der Waals surface area contributed by atoms with Gasteiger partial charge >= 0.3 is 0 Å². The first-order valence-electron chi connectivity index (χ1n) is 10.4. The number of aromatic nitrogens is 2. The Morgan fingerprint density at radius 1 is 1.12 bits per heavy atom. The Kier molecular flexibility index (Phi) is 6.20. The van der Waals surface area contributed by atoms with Crippen LogP contribution in [0.3, 0.4) is 0 Å². The average Bonchev–Trinajstić information content (AvgIpc) is 2.81. The van der Waals surface area contributed by atoms with Gasteiger partial charge in [0.1, 0.15) is 17.9 Å². The highest BCUT2D eigenvalue weighted by atomic mass is 19.1. The van der Waals surface area contributed by atoms with Crippen LogP contribution in [0.5, 0.6) is 17.4 Å². The highest BCUT2D eigenvalue weighted by Gasteiger charge is 2.29. The minimum Gasteiger partial charge on any atom is -0.497 e. The highest BCUT2D eigenvalue weighted by molar-refractivity contribution is 5.95. The van der Waals surface area contributed by atoms with Crippen LogP contribution in [0.1, 0.15) is 22.8 Å². The Labute approximate surface area is 186 Å². The summed E-state index contributed by atoms with van der Waals surface area (Å²) in [5.41, 5.74) is 1.49. The molecule has 0 N–H and O–H groups in total. The van der Waals surface area contributed by atoms with E-state index in [-0.39, 0.29) is 23.6 Å². The molecule has 1 fully saturated rings. The molecule has 166 valence electrons. The normalized spacial score (nSPS) is 16.1. The molecule has 0 spiro atoms. The molecule has 0 bridgehead atoms. The van der Waals surface area contributed by atoms with Crippen LogP contribution in [0.4, 0.5) is 10.2 Å². The zero-order chi connectivity index (χ0) is 22.7. The van der Waals surface area contributed by atoms with E-state index in [1.54, 1.807) is 37.4 Å². The summed E-state index contributed by atoms with van der Waals surface area (Å²) in [5, 5.41) is 0. The topological polar surface area (TPSA) is 67.8 Å². The molecule has 4 rings (SSSR count). The number of carbonyl (C=O) groups excluding carboxylic acids is 1.